The van der Waals surface area contributed by atoms with Gasteiger partial charge in [-0.2, -0.15) is 0 Å². The van der Waals surface area contributed by atoms with E-state index in [1.165, 1.54) is 5.56 Å². The minimum atomic E-state index is -3.93. The zero-order valence-electron chi connectivity index (χ0n) is 25.0. The molecule has 5 rings (SSSR count). The summed E-state index contributed by atoms with van der Waals surface area (Å²) >= 11 is 6.32. The van der Waals surface area contributed by atoms with Crippen LogP contribution in [0.2, 0.25) is 5.02 Å². The number of sulfonamides is 1. The first-order valence-electron chi connectivity index (χ1n) is 15.4. The van der Waals surface area contributed by atoms with Crippen molar-refractivity contribution in [2.75, 3.05) is 31.2 Å². The lowest BCUT2D eigenvalue weighted by Crippen LogP contribution is -2.44. The van der Waals surface area contributed by atoms with Crippen molar-refractivity contribution < 1.29 is 27.8 Å². The zero-order chi connectivity index (χ0) is 30.6. The molecule has 2 aromatic carbocycles. The lowest BCUT2D eigenvalue weighted by Gasteiger charge is -2.44. The predicted octanol–water partition coefficient (Wildman–Crippen LogP) is 5.51. The summed E-state index contributed by atoms with van der Waals surface area (Å²) in [6.45, 7) is 5.57. The molecule has 1 aliphatic carbocycles. The average molecular weight is 631 g/mol. The van der Waals surface area contributed by atoms with E-state index in [-0.39, 0.29) is 36.7 Å². The molecular weight excluding hydrogens is 588 g/mol. The molecule has 1 fully saturated rings. The van der Waals surface area contributed by atoms with Gasteiger partial charge in [-0.05, 0) is 105 Å². The minimum absolute atomic E-state index is 0.0552. The molecule has 1 saturated carbocycles. The van der Waals surface area contributed by atoms with Crippen LogP contribution in [0.1, 0.15) is 67.4 Å². The molecule has 43 heavy (non-hydrogen) atoms. The van der Waals surface area contributed by atoms with E-state index < -0.39 is 21.2 Å². The van der Waals surface area contributed by atoms with Crippen LogP contribution in [0.5, 0.6) is 5.75 Å². The molecule has 2 aromatic rings. The third kappa shape index (κ3) is 7.56. The first kappa shape index (κ1) is 31.8. The molecule has 8 nitrogen and oxygen atoms in total. The van der Waals surface area contributed by atoms with Crippen LogP contribution in [0, 0.1) is 17.8 Å². The molecule has 2 aliphatic heterocycles. The molecule has 234 valence electrons. The maximum atomic E-state index is 13.3. The number of benzene rings is 2. The molecule has 5 unspecified atom stereocenters. The highest BCUT2D eigenvalue weighted by Crippen LogP contribution is 2.42. The molecule has 2 heterocycles. The van der Waals surface area contributed by atoms with Gasteiger partial charge in [-0.3, -0.25) is 4.79 Å². The second kappa shape index (κ2) is 14.0. The number of anilines is 1. The fraction of sp³-hybridized carbons (Fsp3) is 0.545. The van der Waals surface area contributed by atoms with Crippen LogP contribution in [-0.4, -0.2) is 57.1 Å². The number of nitrogens with zero attached hydrogens (tertiary/aromatic N) is 1. The molecule has 3 aliphatic rings. The fourth-order valence-electron chi connectivity index (χ4n) is 6.33. The van der Waals surface area contributed by atoms with E-state index in [2.05, 4.69) is 9.62 Å². The minimum Gasteiger partial charge on any atom is -0.487 e. The number of aliphatic hydroxyl groups is 1. The number of nitrogens with one attached hydrogen (secondary N) is 1. The summed E-state index contributed by atoms with van der Waals surface area (Å²) in [4.78, 5) is 15.6. The Hall–Kier alpha value is -2.59. The van der Waals surface area contributed by atoms with E-state index in [0.717, 1.165) is 56.4 Å². The quantitative estimate of drug-likeness (QED) is 0.431. The number of aliphatic hydroxyl groups excluding tert-OH is 1. The van der Waals surface area contributed by atoms with Crippen molar-refractivity contribution in [2.45, 2.75) is 70.3 Å². The molecular formula is C33H43ClN2O6S. The number of fused-ring (bicyclic) bond motifs is 3. The average Bonchev–Trinajstić information content (AvgIpc) is 2.99. The van der Waals surface area contributed by atoms with Crippen molar-refractivity contribution in [3.8, 4) is 5.75 Å². The van der Waals surface area contributed by atoms with Gasteiger partial charge in [0.1, 0.15) is 12.4 Å². The lowest BCUT2D eigenvalue weighted by molar-refractivity contribution is -0.0256. The van der Waals surface area contributed by atoms with E-state index in [4.69, 9.17) is 21.1 Å². The summed E-state index contributed by atoms with van der Waals surface area (Å²) in [5.74, 6) is 0.406. The third-order valence-electron chi connectivity index (χ3n) is 9.35. The number of amides is 1. The molecule has 0 radical (unpaired) electrons. The molecule has 2 bridgehead atoms. The number of carbonyl (C=O) groups is 1. The molecule has 1 amide bonds. The highest BCUT2D eigenvalue weighted by Gasteiger charge is 2.38. The van der Waals surface area contributed by atoms with Crippen LogP contribution in [0.15, 0.2) is 48.6 Å². The van der Waals surface area contributed by atoms with Crippen molar-refractivity contribution >= 4 is 33.2 Å². The van der Waals surface area contributed by atoms with Crippen LogP contribution in [0.3, 0.4) is 0 Å². The smallest absolute Gasteiger partial charge is 0.264 e. The standard InChI is InChI=1S/C33H43ClN2O6S/c1-22-6-5-8-31(41-17-16-37)29-13-10-26(29)20-36-15-4-3-7-24-18-28(34)12-9-27(24)21-42-32-14-11-25(19-30(32)36)33(38)35-43(39,40)23(22)2/h5,8-9,11-12,14,18-19,22-23,26,29,31,37H,3-4,6-7,10,13,15-17,20-21H2,1-2H3,(H,35,38)/b8-5+. The van der Waals surface area contributed by atoms with E-state index >= 15 is 0 Å². The van der Waals surface area contributed by atoms with Crippen molar-refractivity contribution in [2.24, 2.45) is 17.8 Å². The molecule has 0 saturated heterocycles. The summed E-state index contributed by atoms with van der Waals surface area (Å²) in [5.41, 5.74) is 3.31. The van der Waals surface area contributed by atoms with Crippen LogP contribution in [-0.2, 0) is 27.8 Å². The maximum Gasteiger partial charge on any atom is 0.264 e. The Bertz CT molecular complexity index is 1430. The Kier molecular flexibility index (Phi) is 10.4. The van der Waals surface area contributed by atoms with Crippen molar-refractivity contribution in [1.82, 2.24) is 4.72 Å². The van der Waals surface area contributed by atoms with Gasteiger partial charge in [-0.25, -0.2) is 13.1 Å². The SMILES string of the molecule is CC1C/C=C/C(OCCO)C2CCC2CN2CCCCc3cc(Cl)ccc3COc3ccc(cc32)C(=O)NS(=O)(=O)C1C. The maximum absolute atomic E-state index is 13.3. The number of hydrogen-bond donors (Lipinski definition) is 2. The number of rotatable bonds is 3. The summed E-state index contributed by atoms with van der Waals surface area (Å²) < 4.78 is 41.3. The van der Waals surface area contributed by atoms with E-state index in [0.29, 0.717) is 29.7 Å². The van der Waals surface area contributed by atoms with Gasteiger partial charge >= 0.3 is 0 Å². The van der Waals surface area contributed by atoms with Gasteiger partial charge in [0.15, 0.2) is 0 Å². The van der Waals surface area contributed by atoms with E-state index in [1.54, 1.807) is 25.1 Å². The Morgan fingerprint density at radius 1 is 1.12 bits per heavy atom. The number of ether oxygens (including phenoxy) is 2. The second-order valence-corrected chi connectivity index (χ2v) is 14.6. The third-order valence-corrected chi connectivity index (χ3v) is 11.5. The highest BCUT2D eigenvalue weighted by molar-refractivity contribution is 7.90. The Labute approximate surface area is 260 Å². The molecule has 0 aromatic heterocycles. The van der Waals surface area contributed by atoms with Gasteiger partial charge in [0.05, 0.1) is 30.3 Å². The second-order valence-electron chi connectivity index (χ2n) is 12.2. The first-order chi connectivity index (χ1) is 20.7. The Morgan fingerprint density at radius 2 is 1.95 bits per heavy atom. The number of allylic oxidation sites excluding steroid dienone is 1. The van der Waals surface area contributed by atoms with Crippen molar-refractivity contribution in [3.63, 3.8) is 0 Å². The van der Waals surface area contributed by atoms with Crippen molar-refractivity contribution in [3.05, 3.63) is 70.3 Å². The molecule has 10 heteroatoms. The van der Waals surface area contributed by atoms with Crippen LogP contribution in [0.25, 0.3) is 0 Å². The van der Waals surface area contributed by atoms with Gasteiger partial charge in [0.2, 0.25) is 10.0 Å². The van der Waals surface area contributed by atoms with Crippen molar-refractivity contribution in [1.29, 1.82) is 0 Å². The molecule has 2 N–H and O–H groups in total. The van der Waals surface area contributed by atoms with Gasteiger partial charge in [0.25, 0.3) is 5.91 Å². The first-order valence-corrected chi connectivity index (χ1v) is 17.3. The number of carbonyl (C=O) groups excluding carboxylic acids is 1. The predicted molar refractivity (Wildman–Crippen MR) is 169 cm³/mol. The van der Waals surface area contributed by atoms with Crippen LogP contribution >= 0.6 is 11.6 Å². The van der Waals surface area contributed by atoms with Gasteiger partial charge in [-0.1, -0.05) is 36.7 Å². The van der Waals surface area contributed by atoms with E-state index in [1.807, 2.05) is 37.3 Å². The lowest BCUT2D eigenvalue weighted by atomic mass is 9.70. The van der Waals surface area contributed by atoms with Crippen LogP contribution in [0.4, 0.5) is 5.69 Å². The topological polar surface area (TPSA) is 105 Å². The normalized spacial score (nSPS) is 28.6. The van der Waals surface area contributed by atoms with E-state index in [9.17, 15) is 18.3 Å². The highest BCUT2D eigenvalue weighted by atomic mass is 35.5. The molecule has 5 atom stereocenters. The Morgan fingerprint density at radius 3 is 2.72 bits per heavy atom. The number of hydrogen-bond acceptors (Lipinski definition) is 7. The summed E-state index contributed by atoms with van der Waals surface area (Å²) in [6.07, 6.45) is 9.25. The largest absolute Gasteiger partial charge is 0.487 e. The summed E-state index contributed by atoms with van der Waals surface area (Å²) in [5, 5.41) is 9.41. The summed E-state index contributed by atoms with van der Waals surface area (Å²) in [7, 11) is -3.93. The number of halogens is 1. The van der Waals surface area contributed by atoms with Crippen LogP contribution < -0.4 is 14.4 Å². The number of aryl methyl sites for hydroxylation is 1. The van der Waals surface area contributed by atoms with Gasteiger partial charge in [-0.15, -0.1) is 0 Å². The zero-order valence-corrected chi connectivity index (χ0v) is 26.6. The van der Waals surface area contributed by atoms with Gasteiger partial charge in [0, 0.05) is 23.7 Å². The monoisotopic (exact) mass is 630 g/mol. The summed E-state index contributed by atoms with van der Waals surface area (Å²) in [6, 6.07) is 11.1. The Balaban J connectivity index is 1.54. The van der Waals surface area contributed by atoms with Gasteiger partial charge < -0.3 is 19.5 Å². The fourth-order valence-corrected chi connectivity index (χ4v) is 7.81. The molecule has 0 spiro atoms.